The first-order chi connectivity index (χ1) is 10.4. The summed E-state index contributed by atoms with van der Waals surface area (Å²) in [6, 6.07) is 7.58. The normalized spacial score (nSPS) is 10.8. The molecule has 0 N–H and O–H groups in total. The van der Waals surface area contributed by atoms with Crippen LogP contribution in [0.4, 0.5) is 0 Å². The molecule has 0 fully saturated rings. The highest BCUT2D eigenvalue weighted by atomic mass is 35.5. The van der Waals surface area contributed by atoms with Gasteiger partial charge in [-0.2, -0.15) is 5.10 Å². The van der Waals surface area contributed by atoms with Crippen molar-refractivity contribution in [2.24, 2.45) is 7.05 Å². The molecule has 0 bridgehead atoms. The van der Waals surface area contributed by atoms with E-state index in [-0.39, 0.29) is 5.91 Å². The molecule has 0 aliphatic rings. The second kappa shape index (κ2) is 6.97. The summed E-state index contributed by atoms with van der Waals surface area (Å²) in [7, 11) is 3.76. The molecule has 1 heterocycles. The van der Waals surface area contributed by atoms with Crippen LogP contribution in [0.2, 0.25) is 5.02 Å². The average Bonchev–Trinajstić information content (AvgIpc) is 2.72. The zero-order valence-electron chi connectivity index (χ0n) is 13.6. The minimum atomic E-state index is 0.137. The van der Waals surface area contributed by atoms with Crippen LogP contribution in [0.3, 0.4) is 0 Å². The lowest BCUT2D eigenvalue weighted by Crippen LogP contribution is -2.26. The lowest BCUT2D eigenvalue weighted by molar-refractivity contribution is -0.130. The molecular formula is C17H22ClN3O. The van der Waals surface area contributed by atoms with Gasteiger partial charge in [0.15, 0.2) is 0 Å². The first-order valence-electron chi connectivity index (χ1n) is 7.36. The van der Waals surface area contributed by atoms with Crippen LogP contribution >= 0.6 is 11.6 Å². The summed E-state index contributed by atoms with van der Waals surface area (Å²) < 4.78 is 1.87. The Bertz CT molecular complexity index is 661. The minimum absolute atomic E-state index is 0.137. The average molecular weight is 320 g/mol. The molecule has 0 aliphatic heterocycles. The van der Waals surface area contributed by atoms with Gasteiger partial charge in [0.1, 0.15) is 0 Å². The van der Waals surface area contributed by atoms with Crippen molar-refractivity contribution in [3.8, 4) is 0 Å². The summed E-state index contributed by atoms with van der Waals surface area (Å²) in [5, 5.41) is 5.10. The predicted octanol–water partition coefficient (Wildman–Crippen LogP) is 3.28. The van der Waals surface area contributed by atoms with E-state index in [1.807, 2.05) is 56.9 Å². The number of hydrogen-bond acceptors (Lipinski definition) is 2. The van der Waals surface area contributed by atoms with E-state index >= 15 is 0 Å². The number of amides is 1. The lowest BCUT2D eigenvalue weighted by atomic mass is 10.1. The largest absolute Gasteiger partial charge is 0.341 e. The number of benzene rings is 1. The molecule has 0 saturated heterocycles. The van der Waals surface area contributed by atoms with Gasteiger partial charge in [-0.25, -0.2) is 0 Å². The second-order valence-corrected chi connectivity index (χ2v) is 6.09. The molecule has 4 nitrogen and oxygen atoms in total. The molecule has 0 saturated carbocycles. The quantitative estimate of drug-likeness (QED) is 0.848. The Kier molecular flexibility index (Phi) is 5.24. The third-order valence-corrected chi connectivity index (χ3v) is 4.26. The molecule has 1 amide bonds. The Hall–Kier alpha value is -1.81. The van der Waals surface area contributed by atoms with Crippen LogP contribution in [-0.2, 0) is 24.8 Å². The van der Waals surface area contributed by atoms with Crippen LogP contribution in [0.25, 0.3) is 0 Å². The zero-order chi connectivity index (χ0) is 16.3. The fourth-order valence-electron chi connectivity index (χ4n) is 2.55. The molecule has 0 aliphatic carbocycles. The van der Waals surface area contributed by atoms with Gasteiger partial charge in [0.25, 0.3) is 0 Å². The summed E-state index contributed by atoms with van der Waals surface area (Å²) in [6.07, 6.45) is 1.23. The Morgan fingerprint density at radius 3 is 2.45 bits per heavy atom. The maximum Gasteiger partial charge on any atom is 0.222 e. The summed E-state index contributed by atoms with van der Waals surface area (Å²) in [4.78, 5) is 14.0. The van der Waals surface area contributed by atoms with Gasteiger partial charge in [0, 0.05) is 37.8 Å². The number of halogens is 1. The van der Waals surface area contributed by atoms with Crippen molar-refractivity contribution < 1.29 is 4.79 Å². The van der Waals surface area contributed by atoms with Gasteiger partial charge in [0.05, 0.1) is 5.69 Å². The van der Waals surface area contributed by atoms with Crippen LogP contribution < -0.4 is 0 Å². The third-order valence-electron chi connectivity index (χ3n) is 4.01. The van der Waals surface area contributed by atoms with Crippen molar-refractivity contribution in [2.75, 3.05) is 7.05 Å². The number of hydrogen-bond donors (Lipinski definition) is 0. The fraction of sp³-hybridized carbons (Fsp3) is 0.412. The highest BCUT2D eigenvalue weighted by Crippen LogP contribution is 2.15. The van der Waals surface area contributed by atoms with Gasteiger partial charge >= 0.3 is 0 Å². The summed E-state index contributed by atoms with van der Waals surface area (Å²) in [5.74, 6) is 0.137. The van der Waals surface area contributed by atoms with E-state index in [4.69, 9.17) is 11.6 Å². The van der Waals surface area contributed by atoms with Crippen LogP contribution in [-0.4, -0.2) is 27.6 Å². The SMILES string of the molecule is Cc1nn(C)c(C)c1CCC(=O)N(C)Cc1ccc(Cl)cc1. The van der Waals surface area contributed by atoms with Crippen LogP contribution in [0.5, 0.6) is 0 Å². The molecule has 0 atom stereocenters. The van der Waals surface area contributed by atoms with Crippen molar-refractivity contribution in [1.29, 1.82) is 0 Å². The number of aryl methyl sites for hydroxylation is 2. The Morgan fingerprint density at radius 2 is 1.91 bits per heavy atom. The van der Waals surface area contributed by atoms with E-state index < -0.39 is 0 Å². The van der Waals surface area contributed by atoms with Crippen molar-refractivity contribution in [1.82, 2.24) is 14.7 Å². The molecule has 2 rings (SSSR count). The molecular weight excluding hydrogens is 298 g/mol. The van der Waals surface area contributed by atoms with E-state index in [1.54, 1.807) is 4.90 Å². The maximum absolute atomic E-state index is 12.3. The summed E-state index contributed by atoms with van der Waals surface area (Å²) in [6.45, 7) is 4.63. The second-order valence-electron chi connectivity index (χ2n) is 5.65. The van der Waals surface area contributed by atoms with Crippen molar-refractivity contribution in [3.63, 3.8) is 0 Å². The predicted molar refractivity (Wildman–Crippen MR) is 88.9 cm³/mol. The standard InChI is InChI=1S/C17H22ClN3O/c1-12-16(13(2)21(4)19-12)9-10-17(22)20(3)11-14-5-7-15(18)8-6-14/h5-8H,9-11H2,1-4H3. The Morgan fingerprint density at radius 1 is 1.27 bits per heavy atom. The fourth-order valence-corrected chi connectivity index (χ4v) is 2.68. The first-order valence-corrected chi connectivity index (χ1v) is 7.73. The molecule has 22 heavy (non-hydrogen) atoms. The van der Waals surface area contributed by atoms with Gasteiger partial charge in [0.2, 0.25) is 5.91 Å². The van der Waals surface area contributed by atoms with Gasteiger partial charge in [-0.05, 0) is 43.5 Å². The highest BCUT2D eigenvalue weighted by Gasteiger charge is 2.14. The molecule has 0 spiro atoms. The van der Waals surface area contributed by atoms with E-state index in [0.29, 0.717) is 18.0 Å². The summed E-state index contributed by atoms with van der Waals surface area (Å²) >= 11 is 5.87. The van der Waals surface area contributed by atoms with Crippen LogP contribution in [0.15, 0.2) is 24.3 Å². The number of carbonyl (C=O) groups is 1. The minimum Gasteiger partial charge on any atom is -0.341 e. The molecule has 0 radical (unpaired) electrons. The maximum atomic E-state index is 12.3. The Labute approximate surface area is 136 Å². The van der Waals surface area contributed by atoms with Gasteiger partial charge in [-0.3, -0.25) is 9.48 Å². The Balaban J connectivity index is 1.92. The molecule has 1 aromatic carbocycles. The van der Waals surface area contributed by atoms with Crippen LogP contribution in [0.1, 0.15) is 28.9 Å². The van der Waals surface area contributed by atoms with Crippen molar-refractivity contribution in [3.05, 3.63) is 51.8 Å². The third kappa shape index (κ3) is 3.89. The van der Waals surface area contributed by atoms with E-state index in [1.165, 1.54) is 5.56 Å². The van der Waals surface area contributed by atoms with Gasteiger partial charge in [-0.1, -0.05) is 23.7 Å². The van der Waals surface area contributed by atoms with Gasteiger partial charge < -0.3 is 4.90 Å². The highest BCUT2D eigenvalue weighted by molar-refractivity contribution is 6.30. The number of rotatable bonds is 5. The number of aromatic nitrogens is 2. The topological polar surface area (TPSA) is 38.1 Å². The van der Waals surface area contributed by atoms with E-state index in [2.05, 4.69) is 5.10 Å². The molecule has 5 heteroatoms. The number of carbonyl (C=O) groups excluding carboxylic acids is 1. The van der Waals surface area contributed by atoms with E-state index in [0.717, 1.165) is 23.4 Å². The number of nitrogens with zero attached hydrogens (tertiary/aromatic N) is 3. The molecule has 1 aromatic heterocycles. The first kappa shape index (κ1) is 16.6. The molecule has 2 aromatic rings. The van der Waals surface area contributed by atoms with Crippen molar-refractivity contribution >= 4 is 17.5 Å². The lowest BCUT2D eigenvalue weighted by Gasteiger charge is -2.17. The summed E-state index contributed by atoms with van der Waals surface area (Å²) in [5.41, 5.74) is 4.39. The van der Waals surface area contributed by atoms with Crippen molar-refractivity contribution in [2.45, 2.75) is 33.2 Å². The van der Waals surface area contributed by atoms with Crippen LogP contribution in [0, 0.1) is 13.8 Å². The monoisotopic (exact) mass is 319 g/mol. The molecule has 118 valence electrons. The molecule has 0 unspecified atom stereocenters. The van der Waals surface area contributed by atoms with Gasteiger partial charge in [-0.15, -0.1) is 0 Å². The zero-order valence-corrected chi connectivity index (χ0v) is 14.3. The smallest absolute Gasteiger partial charge is 0.222 e. The van der Waals surface area contributed by atoms with E-state index in [9.17, 15) is 4.79 Å².